The lowest BCUT2D eigenvalue weighted by atomic mass is 10.0. The van der Waals surface area contributed by atoms with Crippen molar-refractivity contribution in [2.45, 2.75) is 51.1 Å². The van der Waals surface area contributed by atoms with Gasteiger partial charge in [0.2, 0.25) is 5.91 Å². The molecular weight excluding hydrogens is 368 g/mol. The number of carbonyl (C=O) groups is 1. The molecule has 0 bridgehead atoms. The minimum atomic E-state index is 0.214. The summed E-state index contributed by atoms with van der Waals surface area (Å²) in [6, 6.07) is 8.58. The van der Waals surface area contributed by atoms with Crippen LogP contribution < -0.4 is 0 Å². The van der Waals surface area contributed by atoms with Gasteiger partial charge in [-0.05, 0) is 75.4 Å². The molecule has 1 fully saturated rings. The number of nitrogens with zero attached hydrogens (tertiary/aromatic N) is 3. The van der Waals surface area contributed by atoms with E-state index in [0.717, 1.165) is 46.8 Å². The third kappa shape index (κ3) is 3.92. The number of likely N-dealkylation sites (tertiary alicyclic amines) is 1. The molecule has 146 valence electrons. The number of carbonyl (C=O) groups excluding carboxylic acids is 1. The van der Waals surface area contributed by atoms with Crippen LogP contribution >= 0.6 is 11.8 Å². The first-order valence-electron chi connectivity index (χ1n) is 9.87. The molecule has 0 aliphatic carbocycles. The molecule has 0 saturated carbocycles. The van der Waals surface area contributed by atoms with Crippen LogP contribution in [0.5, 0.6) is 0 Å². The van der Waals surface area contributed by atoms with Gasteiger partial charge in [0, 0.05) is 24.3 Å². The van der Waals surface area contributed by atoms with Crippen molar-refractivity contribution in [2.24, 2.45) is 0 Å². The molecule has 1 N–H and O–H groups in total. The fourth-order valence-electron chi connectivity index (χ4n) is 3.70. The number of piperidine rings is 1. The van der Waals surface area contributed by atoms with Gasteiger partial charge in [0.1, 0.15) is 5.82 Å². The van der Waals surface area contributed by atoms with Crippen LogP contribution in [-0.2, 0) is 4.79 Å². The fraction of sp³-hybridized carbons (Fsp3) is 0.409. The Morgan fingerprint density at radius 3 is 2.82 bits per heavy atom. The highest BCUT2D eigenvalue weighted by Crippen LogP contribution is 2.25. The number of amides is 1. The number of benzene rings is 1. The Morgan fingerprint density at radius 2 is 2.07 bits per heavy atom. The number of thioether (sulfide) groups is 1. The van der Waals surface area contributed by atoms with E-state index in [0.29, 0.717) is 11.8 Å². The lowest BCUT2D eigenvalue weighted by molar-refractivity contribution is -0.131. The largest absolute Gasteiger partial charge is 0.339 e. The van der Waals surface area contributed by atoms with Gasteiger partial charge in [-0.15, -0.1) is 0 Å². The summed E-state index contributed by atoms with van der Waals surface area (Å²) in [7, 11) is 0. The van der Waals surface area contributed by atoms with Gasteiger partial charge >= 0.3 is 0 Å². The summed E-state index contributed by atoms with van der Waals surface area (Å²) in [6.07, 6.45) is 5.28. The summed E-state index contributed by atoms with van der Waals surface area (Å²) in [4.78, 5) is 27.1. The van der Waals surface area contributed by atoms with Crippen LogP contribution in [0.25, 0.3) is 22.4 Å². The highest BCUT2D eigenvalue weighted by molar-refractivity contribution is 7.99. The van der Waals surface area contributed by atoms with Gasteiger partial charge in [-0.1, -0.05) is 11.8 Å². The molecule has 1 amide bonds. The maximum absolute atomic E-state index is 12.5. The van der Waals surface area contributed by atoms with Gasteiger partial charge in [-0.25, -0.2) is 9.97 Å². The van der Waals surface area contributed by atoms with E-state index >= 15 is 0 Å². The Bertz CT molecular complexity index is 957. The van der Waals surface area contributed by atoms with Crippen LogP contribution in [0.3, 0.4) is 0 Å². The second kappa shape index (κ2) is 7.95. The third-order valence-corrected chi connectivity index (χ3v) is 6.50. The van der Waals surface area contributed by atoms with E-state index < -0.39 is 0 Å². The van der Waals surface area contributed by atoms with E-state index in [1.165, 1.54) is 29.3 Å². The average molecular weight is 395 g/mol. The summed E-state index contributed by atoms with van der Waals surface area (Å²) in [5.41, 5.74) is 5.45. The number of aromatic amines is 1. The van der Waals surface area contributed by atoms with Crippen LogP contribution in [0.2, 0.25) is 0 Å². The zero-order valence-electron chi connectivity index (χ0n) is 16.7. The Labute approximate surface area is 170 Å². The predicted octanol–water partition coefficient (Wildman–Crippen LogP) is 4.73. The van der Waals surface area contributed by atoms with Gasteiger partial charge < -0.3 is 9.88 Å². The molecule has 28 heavy (non-hydrogen) atoms. The average Bonchev–Trinajstić information content (AvgIpc) is 3.10. The fourth-order valence-corrected chi connectivity index (χ4v) is 4.43. The van der Waals surface area contributed by atoms with E-state index in [1.807, 2.05) is 23.2 Å². The number of hydrogen-bond acceptors (Lipinski definition) is 4. The summed E-state index contributed by atoms with van der Waals surface area (Å²) >= 11 is 1.50. The molecule has 2 aromatic heterocycles. The monoisotopic (exact) mass is 394 g/mol. The topological polar surface area (TPSA) is 61.9 Å². The van der Waals surface area contributed by atoms with E-state index in [1.54, 1.807) is 0 Å². The van der Waals surface area contributed by atoms with E-state index in [-0.39, 0.29) is 5.91 Å². The van der Waals surface area contributed by atoms with E-state index in [2.05, 4.69) is 42.9 Å². The van der Waals surface area contributed by atoms with Gasteiger partial charge in [0.15, 0.2) is 0 Å². The van der Waals surface area contributed by atoms with Crippen LogP contribution in [0, 0.1) is 13.8 Å². The number of H-pyrrole nitrogens is 1. The zero-order chi connectivity index (χ0) is 19.7. The summed E-state index contributed by atoms with van der Waals surface area (Å²) in [5.74, 6) is 1.48. The maximum Gasteiger partial charge on any atom is 0.233 e. The van der Waals surface area contributed by atoms with Crippen LogP contribution in [0.1, 0.15) is 37.3 Å². The minimum absolute atomic E-state index is 0.214. The highest BCUT2D eigenvalue weighted by Gasteiger charge is 2.23. The number of aryl methyl sites for hydroxylation is 2. The SMILES string of the molecule is Cc1cc2nc(-c3ccc(SCC(=O)N4CCCCC4C)nc3)[nH]c2cc1C. The van der Waals surface area contributed by atoms with Crippen LogP contribution in [0.15, 0.2) is 35.5 Å². The highest BCUT2D eigenvalue weighted by atomic mass is 32.2. The number of pyridine rings is 1. The van der Waals surface area contributed by atoms with Crippen LogP contribution in [-0.4, -0.2) is 44.1 Å². The molecule has 1 aliphatic rings. The van der Waals surface area contributed by atoms with Gasteiger partial charge in [-0.3, -0.25) is 4.79 Å². The van der Waals surface area contributed by atoms with Crippen molar-refractivity contribution in [3.8, 4) is 11.4 Å². The molecule has 1 saturated heterocycles. The maximum atomic E-state index is 12.5. The smallest absolute Gasteiger partial charge is 0.233 e. The van der Waals surface area contributed by atoms with Crippen molar-refractivity contribution in [2.75, 3.05) is 12.3 Å². The Morgan fingerprint density at radius 1 is 1.25 bits per heavy atom. The van der Waals surface area contributed by atoms with E-state index in [9.17, 15) is 4.79 Å². The Balaban J connectivity index is 1.43. The lowest BCUT2D eigenvalue weighted by Gasteiger charge is -2.33. The molecule has 6 heteroatoms. The Kier molecular flexibility index (Phi) is 5.40. The van der Waals surface area contributed by atoms with Gasteiger partial charge in [-0.2, -0.15) is 0 Å². The first-order valence-corrected chi connectivity index (χ1v) is 10.9. The molecule has 1 unspecified atom stereocenters. The number of rotatable bonds is 4. The van der Waals surface area contributed by atoms with Crippen LogP contribution in [0.4, 0.5) is 0 Å². The summed E-state index contributed by atoms with van der Waals surface area (Å²) < 4.78 is 0. The van der Waals surface area contributed by atoms with Crippen molar-refractivity contribution in [1.82, 2.24) is 19.9 Å². The normalized spacial score (nSPS) is 17.2. The number of aromatic nitrogens is 3. The molecular formula is C22H26N4OS. The Hall–Kier alpha value is -2.34. The summed E-state index contributed by atoms with van der Waals surface area (Å²) in [5, 5.41) is 0.865. The third-order valence-electron chi connectivity index (χ3n) is 5.57. The number of imidazole rings is 1. The molecule has 1 aliphatic heterocycles. The predicted molar refractivity (Wildman–Crippen MR) is 115 cm³/mol. The molecule has 0 spiro atoms. The number of nitrogens with one attached hydrogen (secondary N) is 1. The standard InChI is InChI=1S/C22H26N4OS/c1-14-10-18-19(11-15(14)2)25-22(24-18)17-7-8-20(23-12-17)28-13-21(27)26-9-5-4-6-16(26)3/h7-8,10-12,16H,4-6,9,13H2,1-3H3,(H,24,25). The van der Waals surface area contributed by atoms with Crippen molar-refractivity contribution < 1.29 is 4.79 Å². The van der Waals surface area contributed by atoms with Gasteiger partial charge in [0.05, 0.1) is 21.8 Å². The first kappa shape index (κ1) is 19.0. The summed E-state index contributed by atoms with van der Waals surface area (Å²) in [6.45, 7) is 7.24. The molecule has 5 nitrogen and oxygen atoms in total. The quantitative estimate of drug-likeness (QED) is 0.650. The molecule has 1 atom stereocenters. The number of hydrogen-bond donors (Lipinski definition) is 1. The van der Waals surface area contributed by atoms with Crippen molar-refractivity contribution in [3.63, 3.8) is 0 Å². The number of fused-ring (bicyclic) bond motifs is 1. The molecule has 1 aromatic carbocycles. The minimum Gasteiger partial charge on any atom is -0.339 e. The molecule has 3 heterocycles. The molecule has 0 radical (unpaired) electrons. The van der Waals surface area contributed by atoms with Crippen molar-refractivity contribution >= 4 is 28.7 Å². The zero-order valence-corrected chi connectivity index (χ0v) is 17.5. The second-order valence-electron chi connectivity index (χ2n) is 7.64. The lowest BCUT2D eigenvalue weighted by Crippen LogP contribution is -2.42. The van der Waals surface area contributed by atoms with Crippen molar-refractivity contribution in [3.05, 3.63) is 41.6 Å². The van der Waals surface area contributed by atoms with E-state index in [4.69, 9.17) is 4.98 Å². The molecule has 3 aromatic rings. The van der Waals surface area contributed by atoms with Gasteiger partial charge in [0.25, 0.3) is 0 Å². The first-order chi connectivity index (χ1) is 13.5. The van der Waals surface area contributed by atoms with Crippen molar-refractivity contribution in [1.29, 1.82) is 0 Å². The second-order valence-corrected chi connectivity index (χ2v) is 8.64. The molecule has 4 rings (SSSR count).